The van der Waals surface area contributed by atoms with Gasteiger partial charge in [-0.2, -0.15) is 0 Å². The number of hydrogen-bond acceptors (Lipinski definition) is 4. The second-order valence-corrected chi connectivity index (χ2v) is 7.19. The van der Waals surface area contributed by atoms with Crippen LogP contribution in [-0.2, 0) is 13.2 Å². The first-order valence-electron chi connectivity index (χ1n) is 9.12. The van der Waals surface area contributed by atoms with E-state index in [4.69, 9.17) is 4.74 Å². The fourth-order valence-electron chi connectivity index (χ4n) is 2.75. The largest absolute Gasteiger partial charge is 0.487 e. The van der Waals surface area contributed by atoms with Crippen molar-refractivity contribution in [3.05, 3.63) is 82.3 Å². The average Bonchev–Trinajstić information content (AvgIpc) is 3.24. The summed E-state index contributed by atoms with van der Waals surface area (Å²) < 4.78 is 5.73. The number of thiazole rings is 1. The van der Waals surface area contributed by atoms with Crippen LogP contribution in [0.5, 0.6) is 5.75 Å². The third kappa shape index (κ3) is 5.17. The third-order valence-electron chi connectivity index (χ3n) is 4.55. The molecule has 1 amide bonds. The second kappa shape index (κ2) is 9.33. The maximum Gasteiger partial charge on any atom is 0.254 e. The Labute approximate surface area is 164 Å². The van der Waals surface area contributed by atoms with Crippen molar-refractivity contribution in [2.24, 2.45) is 0 Å². The molecule has 0 aliphatic carbocycles. The first-order chi connectivity index (χ1) is 13.2. The lowest BCUT2D eigenvalue weighted by Gasteiger charge is -2.29. The summed E-state index contributed by atoms with van der Waals surface area (Å²) in [5.74, 6) is 0.775. The summed E-state index contributed by atoms with van der Waals surface area (Å²) in [5.41, 5.74) is 4.50. The smallest absolute Gasteiger partial charge is 0.254 e. The molecule has 0 bridgehead atoms. The van der Waals surface area contributed by atoms with E-state index in [1.54, 1.807) is 16.8 Å². The number of carbonyl (C=O) groups is 1. The van der Waals surface area contributed by atoms with Gasteiger partial charge in [0.25, 0.3) is 5.91 Å². The van der Waals surface area contributed by atoms with Gasteiger partial charge in [-0.25, -0.2) is 4.98 Å². The summed E-state index contributed by atoms with van der Waals surface area (Å²) >= 11 is 1.55. The molecule has 0 aliphatic rings. The van der Waals surface area contributed by atoms with Crippen LogP contribution >= 0.6 is 11.3 Å². The van der Waals surface area contributed by atoms with Gasteiger partial charge in [0.15, 0.2) is 0 Å². The lowest BCUT2D eigenvalue weighted by molar-refractivity contribution is 0.0671. The predicted octanol–water partition coefficient (Wildman–Crippen LogP) is 5.16. The molecular formula is C22H24N2O2S. The topological polar surface area (TPSA) is 42.4 Å². The van der Waals surface area contributed by atoms with Gasteiger partial charge in [-0.3, -0.25) is 4.79 Å². The number of amides is 1. The molecule has 1 aromatic heterocycles. The van der Waals surface area contributed by atoms with Crippen molar-refractivity contribution in [2.75, 3.05) is 0 Å². The van der Waals surface area contributed by atoms with Crippen LogP contribution in [0.1, 0.15) is 41.9 Å². The molecule has 1 unspecified atom stereocenters. The van der Waals surface area contributed by atoms with Gasteiger partial charge in [0.1, 0.15) is 12.4 Å². The maximum absolute atomic E-state index is 13.1. The van der Waals surface area contributed by atoms with E-state index in [0.29, 0.717) is 18.7 Å². The second-order valence-electron chi connectivity index (χ2n) is 6.47. The highest BCUT2D eigenvalue weighted by Gasteiger charge is 2.20. The molecule has 0 spiro atoms. The van der Waals surface area contributed by atoms with Gasteiger partial charge < -0.3 is 9.64 Å². The lowest BCUT2D eigenvalue weighted by atomic mass is 10.1. The minimum Gasteiger partial charge on any atom is -0.487 e. The quantitative estimate of drug-likeness (QED) is 0.542. The SMILES string of the molecule is CCC(C)N(Cc1ccccc1)C(=O)c1ccc(OCc2cscn2)cc1. The number of rotatable bonds is 8. The van der Waals surface area contributed by atoms with Crippen molar-refractivity contribution in [3.8, 4) is 5.75 Å². The van der Waals surface area contributed by atoms with Crippen LogP contribution in [0.25, 0.3) is 0 Å². The van der Waals surface area contributed by atoms with Crippen LogP contribution in [0.2, 0.25) is 0 Å². The summed E-state index contributed by atoms with van der Waals surface area (Å²) in [6.45, 7) is 5.23. The summed E-state index contributed by atoms with van der Waals surface area (Å²) in [6, 6.07) is 17.6. The molecule has 0 saturated heterocycles. The Morgan fingerprint density at radius 1 is 1.15 bits per heavy atom. The van der Waals surface area contributed by atoms with Crippen molar-refractivity contribution in [1.29, 1.82) is 0 Å². The fraction of sp³-hybridized carbons (Fsp3) is 0.273. The van der Waals surface area contributed by atoms with Gasteiger partial charge in [0, 0.05) is 23.5 Å². The third-order valence-corrected chi connectivity index (χ3v) is 5.19. The van der Waals surface area contributed by atoms with Crippen LogP contribution in [0.15, 0.2) is 65.5 Å². The van der Waals surface area contributed by atoms with Crippen molar-refractivity contribution < 1.29 is 9.53 Å². The molecule has 5 heteroatoms. The first-order valence-corrected chi connectivity index (χ1v) is 10.1. The number of nitrogens with zero attached hydrogens (tertiary/aromatic N) is 2. The summed E-state index contributed by atoms with van der Waals surface area (Å²) in [5, 5.41) is 1.96. The Bertz CT molecular complexity index is 833. The minimum absolute atomic E-state index is 0.0410. The van der Waals surface area contributed by atoms with Crippen molar-refractivity contribution >= 4 is 17.2 Å². The zero-order valence-corrected chi connectivity index (χ0v) is 16.5. The van der Waals surface area contributed by atoms with Crippen molar-refractivity contribution in [3.63, 3.8) is 0 Å². The highest BCUT2D eigenvalue weighted by Crippen LogP contribution is 2.19. The maximum atomic E-state index is 13.1. The molecule has 0 fully saturated rings. The van der Waals surface area contributed by atoms with E-state index in [1.807, 2.05) is 52.7 Å². The molecule has 1 heterocycles. The van der Waals surface area contributed by atoms with Crippen molar-refractivity contribution in [1.82, 2.24) is 9.88 Å². The van der Waals surface area contributed by atoms with Crippen LogP contribution in [0, 0.1) is 0 Å². The molecule has 1 atom stereocenters. The van der Waals surface area contributed by atoms with E-state index in [1.165, 1.54) is 0 Å². The minimum atomic E-state index is 0.0410. The fourth-order valence-corrected chi connectivity index (χ4v) is 3.30. The predicted molar refractivity (Wildman–Crippen MR) is 109 cm³/mol. The average molecular weight is 381 g/mol. The number of hydrogen-bond donors (Lipinski definition) is 0. The molecular weight excluding hydrogens is 356 g/mol. The lowest BCUT2D eigenvalue weighted by Crippen LogP contribution is -2.37. The molecule has 2 aromatic carbocycles. The van der Waals surface area contributed by atoms with Crippen LogP contribution in [0.3, 0.4) is 0 Å². The van der Waals surface area contributed by atoms with E-state index in [-0.39, 0.29) is 11.9 Å². The van der Waals surface area contributed by atoms with Crippen LogP contribution in [-0.4, -0.2) is 21.8 Å². The number of carbonyl (C=O) groups excluding carboxylic acids is 1. The molecule has 0 radical (unpaired) electrons. The molecule has 140 valence electrons. The summed E-state index contributed by atoms with van der Waals surface area (Å²) in [4.78, 5) is 19.2. The molecule has 3 rings (SSSR count). The number of benzene rings is 2. The van der Waals surface area contributed by atoms with Gasteiger partial charge in [-0.15, -0.1) is 11.3 Å². The van der Waals surface area contributed by atoms with Crippen LogP contribution in [0.4, 0.5) is 0 Å². The molecule has 4 nitrogen and oxygen atoms in total. The zero-order valence-electron chi connectivity index (χ0n) is 15.7. The summed E-state index contributed by atoms with van der Waals surface area (Å²) in [7, 11) is 0. The first kappa shape index (κ1) is 19.1. The monoisotopic (exact) mass is 380 g/mol. The molecule has 0 N–H and O–H groups in total. The van der Waals surface area contributed by atoms with Crippen molar-refractivity contribution in [2.45, 2.75) is 39.5 Å². The van der Waals surface area contributed by atoms with Gasteiger partial charge in [-0.05, 0) is 43.2 Å². The van der Waals surface area contributed by atoms with Gasteiger partial charge in [-0.1, -0.05) is 37.3 Å². The molecule has 27 heavy (non-hydrogen) atoms. The van der Waals surface area contributed by atoms with E-state index in [9.17, 15) is 4.79 Å². The molecule has 3 aromatic rings. The van der Waals surface area contributed by atoms with Gasteiger partial charge in [0.2, 0.25) is 0 Å². The molecule has 0 aliphatic heterocycles. The Morgan fingerprint density at radius 2 is 1.89 bits per heavy atom. The number of aromatic nitrogens is 1. The van der Waals surface area contributed by atoms with E-state index >= 15 is 0 Å². The zero-order chi connectivity index (χ0) is 19.1. The summed E-state index contributed by atoms with van der Waals surface area (Å²) in [6.07, 6.45) is 0.910. The molecule has 0 saturated carbocycles. The van der Waals surface area contributed by atoms with Crippen LogP contribution < -0.4 is 4.74 Å². The Hall–Kier alpha value is -2.66. The van der Waals surface area contributed by atoms with Gasteiger partial charge >= 0.3 is 0 Å². The standard InChI is InChI=1S/C22H24N2O2S/c1-3-17(2)24(13-18-7-5-4-6-8-18)22(25)19-9-11-21(12-10-19)26-14-20-15-27-16-23-20/h4-12,15-17H,3,13-14H2,1-2H3. The van der Waals surface area contributed by atoms with E-state index in [2.05, 4.69) is 31.0 Å². The normalized spacial score (nSPS) is 11.8. The Morgan fingerprint density at radius 3 is 2.52 bits per heavy atom. The van der Waals surface area contributed by atoms with E-state index < -0.39 is 0 Å². The Kier molecular flexibility index (Phi) is 6.60. The van der Waals surface area contributed by atoms with Gasteiger partial charge in [0.05, 0.1) is 11.2 Å². The highest BCUT2D eigenvalue weighted by molar-refractivity contribution is 7.07. The number of ether oxygens (including phenoxy) is 1. The highest BCUT2D eigenvalue weighted by atomic mass is 32.1. The van der Waals surface area contributed by atoms with E-state index in [0.717, 1.165) is 23.4 Å². The Balaban J connectivity index is 1.69.